The Hall–Kier alpha value is -2.04. The van der Waals surface area contributed by atoms with Crippen LogP contribution in [0.25, 0.3) is 11.1 Å². The highest BCUT2D eigenvalue weighted by Gasteiger charge is 2.43. The molecule has 0 fully saturated rings. The van der Waals surface area contributed by atoms with E-state index in [1.807, 2.05) is 18.2 Å². The Morgan fingerprint density at radius 2 is 2.00 bits per heavy atom. The second kappa shape index (κ2) is 4.00. The smallest absolute Gasteiger partial charge is 0.146 e. The summed E-state index contributed by atoms with van der Waals surface area (Å²) >= 11 is 0. The van der Waals surface area contributed by atoms with Gasteiger partial charge in [-0.3, -0.25) is 4.90 Å². The normalized spacial score (nSPS) is 23.5. The maximum absolute atomic E-state index is 10.4. The average Bonchev–Trinajstić information content (AvgIpc) is 2.47. The number of nitrogens with zero attached hydrogens (tertiary/aromatic N) is 1. The van der Waals surface area contributed by atoms with Crippen molar-refractivity contribution in [1.82, 2.24) is 4.90 Å². The summed E-state index contributed by atoms with van der Waals surface area (Å²) < 4.78 is 0. The highest BCUT2D eigenvalue weighted by molar-refractivity contribution is 5.85. The predicted molar refractivity (Wildman–Crippen MR) is 83.9 cm³/mol. The molecule has 0 aromatic heterocycles. The zero-order chi connectivity index (χ0) is 14.8. The quantitative estimate of drug-likeness (QED) is 0.508. The molecule has 4 rings (SSSR count). The second-order valence-corrected chi connectivity index (χ2v) is 6.15. The third-order valence-electron chi connectivity index (χ3n) is 5.01. The lowest BCUT2D eigenvalue weighted by atomic mass is 9.73. The molecular formula is C17H19N3O. The number of rotatable bonds is 0. The fourth-order valence-corrected chi connectivity index (χ4v) is 3.82. The first-order valence-electron chi connectivity index (χ1n) is 7.25. The largest absolute Gasteiger partial charge is 0.505 e. The van der Waals surface area contributed by atoms with Crippen LogP contribution in [0, 0.1) is 0 Å². The van der Waals surface area contributed by atoms with E-state index in [1.54, 1.807) is 6.07 Å². The van der Waals surface area contributed by atoms with Gasteiger partial charge in [-0.2, -0.15) is 0 Å². The number of hydrogen-bond acceptors (Lipinski definition) is 4. The first-order chi connectivity index (χ1) is 10.0. The van der Waals surface area contributed by atoms with E-state index in [4.69, 9.17) is 11.5 Å². The first-order valence-corrected chi connectivity index (χ1v) is 7.25. The summed E-state index contributed by atoms with van der Waals surface area (Å²) in [6, 6.07) is 9.96. The zero-order valence-electron chi connectivity index (χ0n) is 12.1. The number of likely N-dealkylation sites (N-methyl/N-ethyl adjacent to an activating group) is 1. The van der Waals surface area contributed by atoms with Gasteiger partial charge in [0.15, 0.2) is 0 Å². The summed E-state index contributed by atoms with van der Waals surface area (Å²) in [6.45, 7) is 0.948. The lowest BCUT2D eigenvalue weighted by molar-refractivity contribution is 0.109. The minimum atomic E-state index is -0.500. The van der Waals surface area contributed by atoms with Gasteiger partial charge in [-0.25, -0.2) is 0 Å². The van der Waals surface area contributed by atoms with Gasteiger partial charge < -0.3 is 16.6 Å². The van der Waals surface area contributed by atoms with E-state index >= 15 is 0 Å². The molecule has 1 aliphatic heterocycles. The van der Waals surface area contributed by atoms with Gasteiger partial charge in [0.1, 0.15) is 5.75 Å². The summed E-state index contributed by atoms with van der Waals surface area (Å²) in [5.74, 6) is 0.177. The van der Waals surface area contributed by atoms with Crippen LogP contribution in [-0.2, 0) is 18.5 Å². The van der Waals surface area contributed by atoms with Crippen molar-refractivity contribution in [2.45, 2.75) is 18.5 Å². The van der Waals surface area contributed by atoms with E-state index in [2.05, 4.69) is 18.0 Å². The van der Waals surface area contributed by atoms with Gasteiger partial charge >= 0.3 is 0 Å². The van der Waals surface area contributed by atoms with Crippen LogP contribution in [0.2, 0.25) is 0 Å². The molecule has 2 aliphatic rings. The Balaban J connectivity index is 2.10. The molecule has 0 radical (unpaired) electrons. The van der Waals surface area contributed by atoms with E-state index in [-0.39, 0.29) is 5.75 Å². The van der Waals surface area contributed by atoms with Gasteiger partial charge in [0.05, 0.1) is 11.4 Å². The highest BCUT2D eigenvalue weighted by Crippen LogP contribution is 2.49. The molecule has 1 atom stereocenters. The molecule has 0 saturated carbocycles. The summed E-state index contributed by atoms with van der Waals surface area (Å²) in [5, 5.41) is 10.4. The minimum absolute atomic E-state index is 0.177. The minimum Gasteiger partial charge on any atom is -0.505 e. The van der Waals surface area contributed by atoms with Gasteiger partial charge in [0, 0.05) is 18.5 Å². The molecule has 4 heteroatoms. The maximum atomic E-state index is 10.4. The van der Waals surface area contributed by atoms with E-state index < -0.39 is 5.66 Å². The number of phenolic OH excluding ortho intramolecular Hbond substituents is 1. The zero-order valence-corrected chi connectivity index (χ0v) is 12.1. The van der Waals surface area contributed by atoms with Crippen molar-refractivity contribution in [1.29, 1.82) is 0 Å². The number of aromatic hydroxyl groups is 1. The molecule has 4 nitrogen and oxygen atoms in total. The fraction of sp³-hybridized carbons (Fsp3) is 0.294. The van der Waals surface area contributed by atoms with E-state index in [0.29, 0.717) is 12.1 Å². The monoisotopic (exact) mass is 281 g/mol. The molecule has 1 heterocycles. The van der Waals surface area contributed by atoms with Gasteiger partial charge in [0.2, 0.25) is 0 Å². The van der Waals surface area contributed by atoms with Crippen LogP contribution in [0.15, 0.2) is 30.3 Å². The maximum Gasteiger partial charge on any atom is 0.146 e. The van der Waals surface area contributed by atoms with Crippen LogP contribution in [0.4, 0.5) is 5.69 Å². The number of nitrogens with two attached hydrogens (primary N) is 2. The number of anilines is 1. The van der Waals surface area contributed by atoms with Crippen molar-refractivity contribution in [3.05, 3.63) is 47.0 Å². The van der Waals surface area contributed by atoms with Crippen LogP contribution >= 0.6 is 0 Å². The Morgan fingerprint density at radius 1 is 1.19 bits per heavy atom. The van der Waals surface area contributed by atoms with Crippen LogP contribution in [0.3, 0.4) is 0 Å². The summed E-state index contributed by atoms with van der Waals surface area (Å²) in [4.78, 5) is 2.22. The fourth-order valence-electron chi connectivity index (χ4n) is 3.82. The summed E-state index contributed by atoms with van der Waals surface area (Å²) in [7, 11) is 2.07. The van der Waals surface area contributed by atoms with Gasteiger partial charge in [-0.05, 0) is 41.8 Å². The van der Waals surface area contributed by atoms with Crippen molar-refractivity contribution in [2.75, 3.05) is 19.3 Å². The number of fused-ring (bicyclic) bond motifs is 2. The molecule has 108 valence electrons. The standard InChI is InChI=1S/C17H19N3O/c1-20-8-7-10-3-2-4-12-14-11(5-6-13(18)16(14)21)9-17(20,19)15(10)12/h2-6,21H,7-9,18-19H2,1H3/t17-/m0/s1. The van der Waals surface area contributed by atoms with Gasteiger partial charge in [-0.15, -0.1) is 0 Å². The third-order valence-corrected chi connectivity index (χ3v) is 5.01. The Labute approximate surface area is 124 Å². The molecule has 0 saturated heterocycles. The van der Waals surface area contributed by atoms with Gasteiger partial charge in [0.25, 0.3) is 0 Å². The van der Waals surface area contributed by atoms with Crippen molar-refractivity contribution >= 4 is 5.69 Å². The van der Waals surface area contributed by atoms with Gasteiger partial charge in [-0.1, -0.05) is 24.3 Å². The number of benzene rings is 2. The third kappa shape index (κ3) is 1.51. The number of hydrogen-bond donors (Lipinski definition) is 3. The molecule has 0 unspecified atom stereocenters. The molecular weight excluding hydrogens is 262 g/mol. The Bertz CT molecular complexity index is 756. The summed E-state index contributed by atoms with van der Waals surface area (Å²) in [6.07, 6.45) is 1.67. The Morgan fingerprint density at radius 3 is 2.81 bits per heavy atom. The van der Waals surface area contributed by atoms with Crippen molar-refractivity contribution in [3.63, 3.8) is 0 Å². The number of phenols is 1. The lowest BCUT2D eigenvalue weighted by Crippen LogP contribution is -2.57. The predicted octanol–water partition coefficient (Wildman–Crippen LogP) is 1.80. The molecule has 2 aromatic rings. The Kier molecular flexibility index (Phi) is 2.41. The molecule has 5 N–H and O–H groups in total. The van der Waals surface area contributed by atoms with Crippen molar-refractivity contribution in [3.8, 4) is 16.9 Å². The SMILES string of the molecule is CN1CCc2cccc3c2[C@]1(N)Cc1ccc(N)c(O)c1-3. The molecule has 2 aromatic carbocycles. The average molecular weight is 281 g/mol. The van der Waals surface area contributed by atoms with Crippen molar-refractivity contribution in [2.24, 2.45) is 5.73 Å². The molecule has 1 aliphatic carbocycles. The molecule has 0 bridgehead atoms. The van der Waals surface area contributed by atoms with Crippen LogP contribution < -0.4 is 11.5 Å². The van der Waals surface area contributed by atoms with E-state index in [0.717, 1.165) is 35.2 Å². The van der Waals surface area contributed by atoms with E-state index in [9.17, 15) is 5.11 Å². The second-order valence-electron chi connectivity index (χ2n) is 6.15. The number of nitrogen functional groups attached to an aromatic ring is 1. The van der Waals surface area contributed by atoms with Crippen LogP contribution in [0.1, 0.15) is 16.7 Å². The topological polar surface area (TPSA) is 75.5 Å². The van der Waals surface area contributed by atoms with E-state index in [1.165, 1.54) is 5.56 Å². The van der Waals surface area contributed by atoms with Crippen LogP contribution in [0.5, 0.6) is 5.75 Å². The van der Waals surface area contributed by atoms with Crippen molar-refractivity contribution < 1.29 is 5.11 Å². The summed E-state index contributed by atoms with van der Waals surface area (Å²) in [5.41, 5.74) is 17.9. The van der Waals surface area contributed by atoms with Crippen LogP contribution in [-0.4, -0.2) is 23.6 Å². The highest BCUT2D eigenvalue weighted by atomic mass is 16.3. The molecule has 21 heavy (non-hydrogen) atoms. The molecule has 0 spiro atoms. The lowest BCUT2D eigenvalue weighted by Gasteiger charge is -2.47. The first kappa shape index (κ1) is 12.7. The molecule has 0 amide bonds.